The molecule has 3 N–H and O–H groups in total. The molecule has 2 aliphatic heterocycles. The molecule has 0 saturated carbocycles. The molecule has 2 amide bonds. The Balaban J connectivity index is 2.20. The predicted octanol–water partition coefficient (Wildman–Crippen LogP) is -1.09. The number of nitrogens with zero attached hydrogens (tertiary/aromatic N) is 2. The fraction of sp³-hybridized carbons (Fsp3) is 0.529. The van der Waals surface area contributed by atoms with Crippen LogP contribution in [0.1, 0.15) is 33.4 Å². The van der Waals surface area contributed by atoms with Crippen LogP contribution in [0.15, 0.2) is 27.9 Å². The Morgan fingerprint density at radius 1 is 1.22 bits per heavy atom. The maximum absolute atomic E-state index is 12.7. The van der Waals surface area contributed by atoms with E-state index in [2.05, 4.69) is 4.98 Å². The minimum Gasteiger partial charge on any atom is -0.394 e. The molecule has 10 heteroatoms. The van der Waals surface area contributed by atoms with Crippen LogP contribution in [0, 0.1) is 0 Å². The third-order valence-corrected chi connectivity index (χ3v) is 5.04. The van der Waals surface area contributed by atoms with Crippen molar-refractivity contribution < 1.29 is 24.5 Å². The highest BCUT2D eigenvalue weighted by atomic mass is 16.5. The monoisotopic (exact) mass is 380 g/mol. The quantitative estimate of drug-likeness (QED) is 0.447. The van der Waals surface area contributed by atoms with Crippen LogP contribution in [0.4, 0.5) is 5.69 Å². The highest BCUT2D eigenvalue weighted by Gasteiger charge is 2.58. The van der Waals surface area contributed by atoms with Gasteiger partial charge in [0.2, 0.25) is 5.69 Å². The zero-order chi connectivity index (χ0) is 20.1. The van der Waals surface area contributed by atoms with Crippen LogP contribution in [-0.4, -0.2) is 55.9 Å². The summed E-state index contributed by atoms with van der Waals surface area (Å²) in [4.78, 5) is 52.4. The molecule has 0 bridgehead atoms. The van der Waals surface area contributed by atoms with E-state index in [1.165, 1.54) is 0 Å². The van der Waals surface area contributed by atoms with Crippen LogP contribution < -0.4 is 15.7 Å². The third-order valence-electron chi connectivity index (χ3n) is 5.04. The number of rotatable bonds is 3. The Bertz CT molecular complexity index is 919. The van der Waals surface area contributed by atoms with Crippen molar-refractivity contribution in [3.8, 4) is 0 Å². The number of ether oxygens (including phenoxy) is 1. The van der Waals surface area contributed by atoms with Crippen molar-refractivity contribution in [1.82, 2.24) is 14.0 Å². The van der Waals surface area contributed by atoms with Gasteiger partial charge in [-0.15, -0.1) is 4.48 Å². The second-order valence-corrected chi connectivity index (χ2v) is 7.65. The van der Waals surface area contributed by atoms with Gasteiger partial charge in [0.05, 0.1) is 31.1 Å². The molecule has 27 heavy (non-hydrogen) atoms. The summed E-state index contributed by atoms with van der Waals surface area (Å²) in [5.74, 6) is -1.19. The first kappa shape index (κ1) is 19.4. The van der Waals surface area contributed by atoms with Gasteiger partial charge in [-0.1, -0.05) is 0 Å². The number of aliphatic hydroxyl groups excluding tert-OH is 2. The highest BCUT2D eigenvalue weighted by Crippen LogP contribution is 2.36. The maximum Gasteiger partial charge on any atom is 0.352 e. The lowest BCUT2D eigenvalue weighted by atomic mass is 10.0. The molecule has 1 saturated heterocycles. The van der Waals surface area contributed by atoms with Crippen LogP contribution >= 0.6 is 0 Å². The van der Waals surface area contributed by atoms with Crippen molar-refractivity contribution in [1.29, 1.82) is 0 Å². The number of aromatic amines is 1. The third kappa shape index (κ3) is 2.72. The molecule has 146 valence electrons. The molecule has 3 rings (SSSR count). The summed E-state index contributed by atoms with van der Waals surface area (Å²) in [6, 6.07) is 0. The van der Waals surface area contributed by atoms with E-state index < -0.39 is 58.1 Å². The van der Waals surface area contributed by atoms with Crippen molar-refractivity contribution in [3.05, 3.63) is 39.2 Å². The van der Waals surface area contributed by atoms with E-state index in [-0.39, 0.29) is 12.1 Å². The molecule has 10 nitrogen and oxygen atoms in total. The Kier molecular flexibility index (Phi) is 4.55. The number of imide groups is 1. The fourth-order valence-corrected chi connectivity index (χ4v) is 3.71. The van der Waals surface area contributed by atoms with Gasteiger partial charge in [0, 0.05) is 6.42 Å². The van der Waals surface area contributed by atoms with Crippen LogP contribution in [0.2, 0.25) is 0 Å². The summed E-state index contributed by atoms with van der Waals surface area (Å²) in [6.07, 6.45) is 0.532. The Hall–Kier alpha value is -2.40. The standard InChI is InChI=1S/C17H21N3O7/c1-17(2,3)20(13(23)4-5-14(20)24)9-7-19(16(26)18-15(9)25)12-6-10(22)11(8-21)27-12/h4-5,7,10-12,21-22H,6,8H2,1-3H3/p+1/t10-,11+,12+/m0/s1. The van der Waals surface area contributed by atoms with Crippen molar-refractivity contribution in [3.63, 3.8) is 0 Å². The van der Waals surface area contributed by atoms with Gasteiger partial charge in [0.1, 0.15) is 17.9 Å². The van der Waals surface area contributed by atoms with Crippen molar-refractivity contribution >= 4 is 17.5 Å². The molecule has 1 aromatic heterocycles. The Labute approximate surface area is 153 Å². The topological polar surface area (TPSA) is 139 Å². The van der Waals surface area contributed by atoms with Gasteiger partial charge in [-0.25, -0.2) is 14.4 Å². The number of amides is 2. The van der Waals surface area contributed by atoms with Gasteiger partial charge in [-0.05, 0) is 20.8 Å². The second-order valence-electron chi connectivity index (χ2n) is 7.65. The second kappa shape index (κ2) is 6.34. The SMILES string of the molecule is CC(C)(C)[N+]1(c2cn([C@H]3C[C@H](O)[C@@H](CO)O3)c(=O)[nH]c2=O)C(=O)C=CC1=O. The average Bonchev–Trinajstić information content (AvgIpc) is 3.08. The number of quaternary nitrogens is 1. The molecule has 2 aliphatic rings. The first-order chi connectivity index (χ1) is 12.5. The maximum atomic E-state index is 12.7. The lowest BCUT2D eigenvalue weighted by Gasteiger charge is -2.39. The summed E-state index contributed by atoms with van der Waals surface area (Å²) in [7, 11) is 0. The van der Waals surface area contributed by atoms with E-state index in [1.54, 1.807) is 20.8 Å². The number of hydrogen-bond donors (Lipinski definition) is 3. The van der Waals surface area contributed by atoms with E-state index in [4.69, 9.17) is 4.74 Å². The molecular weight excluding hydrogens is 358 g/mol. The number of aromatic nitrogens is 2. The zero-order valence-corrected chi connectivity index (χ0v) is 15.2. The van der Waals surface area contributed by atoms with Gasteiger partial charge in [-0.3, -0.25) is 14.3 Å². The number of H-pyrrole nitrogens is 1. The highest BCUT2D eigenvalue weighted by molar-refractivity contribution is 6.23. The first-order valence-electron chi connectivity index (χ1n) is 8.50. The lowest BCUT2D eigenvalue weighted by molar-refractivity contribution is -0.141. The molecule has 0 aromatic carbocycles. The van der Waals surface area contributed by atoms with Gasteiger partial charge in [0.15, 0.2) is 0 Å². The van der Waals surface area contributed by atoms with Crippen molar-refractivity contribution in [2.45, 2.75) is 51.2 Å². The Morgan fingerprint density at radius 2 is 1.81 bits per heavy atom. The minimum atomic E-state index is -1.00. The molecule has 0 radical (unpaired) electrons. The normalized spacial score (nSPS) is 27.5. The largest absolute Gasteiger partial charge is 0.394 e. The number of nitrogens with one attached hydrogen (secondary N) is 1. The molecule has 0 aliphatic carbocycles. The average molecular weight is 380 g/mol. The summed E-state index contributed by atoms with van der Waals surface area (Å²) in [5.41, 5.74) is -2.88. The van der Waals surface area contributed by atoms with Gasteiger partial charge < -0.3 is 14.9 Å². The molecule has 3 atom stereocenters. The lowest BCUT2D eigenvalue weighted by Crippen LogP contribution is -2.67. The van der Waals surface area contributed by atoms with Crippen molar-refractivity contribution in [2.24, 2.45) is 0 Å². The molecule has 0 spiro atoms. The van der Waals surface area contributed by atoms with Crippen LogP contribution in [0.3, 0.4) is 0 Å². The smallest absolute Gasteiger partial charge is 0.352 e. The molecule has 1 aromatic rings. The summed E-state index contributed by atoms with van der Waals surface area (Å²) >= 11 is 0. The fourth-order valence-electron chi connectivity index (χ4n) is 3.71. The summed E-state index contributed by atoms with van der Waals surface area (Å²) in [6.45, 7) is 4.48. The van der Waals surface area contributed by atoms with E-state index in [9.17, 15) is 29.4 Å². The molecule has 0 unspecified atom stereocenters. The minimum absolute atomic E-state index is 0.00623. The zero-order valence-electron chi connectivity index (χ0n) is 15.2. The number of carbonyl (C=O) groups is 2. The van der Waals surface area contributed by atoms with E-state index in [0.29, 0.717) is 0 Å². The van der Waals surface area contributed by atoms with E-state index in [1.807, 2.05) is 0 Å². The van der Waals surface area contributed by atoms with Gasteiger partial charge >= 0.3 is 23.1 Å². The molecular formula is C17H22N3O7+. The Morgan fingerprint density at radius 3 is 2.30 bits per heavy atom. The van der Waals surface area contributed by atoms with Gasteiger partial charge in [0.25, 0.3) is 0 Å². The van der Waals surface area contributed by atoms with Crippen LogP contribution in [0.5, 0.6) is 0 Å². The predicted molar refractivity (Wildman–Crippen MR) is 93.6 cm³/mol. The molecule has 3 heterocycles. The number of hydrogen-bond acceptors (Lipinski definition) is 7. The first-order valence-corrected chi connectivity index (χ1v) is 8.50. The molecule has 1 fully saturated rings. The number of carbonyl (C=O) groups excluding carboxylic acids is 2. The van der Waals surface area contributed by atoms with Gasteiger partial charge in [-0.2, -0.15) is 0 Å². The van der Waals surface area contributed by atoms with Crippen LogP contribution in [0.25, 0.3) is 0 Å². The van der Waals surface area contributed by atoms with Crippen LogP contribution in [-0.2, 0) is 14.3 Å². The van der Waals surface area contributed by atoms with E-state index in [0.717, 1.165) is 22.9 Å². The van der Waals surface area contributed by atoms with E-state index >= 15 is 0 Å². The van der Waals surface area contributed by atoms with Crippen molar-refractivity contribution in [2.75, 3.05) is 6.61 Å². The number of aliphatic hydroxyl groups is 2. The summed E-state index contributed by atoms with van der Waals surface area (Å²) < 4.78 is 5.59. The summed E-state index contributed by atoms with van der Waals surface area (Å²) in [5, 5.41) is 19.1.